The number of hydrogen-bond donors (Lipinski definition) is 0. The summed E-state index contributed by atoms with van der Waals surface area (Å²) in [6, 6.07) is 0. The van der Waals surface area contributed by atoms with Crippen LogP contribution in [0.15, 0.2) is 4.42 Å². The zero-order valence-corrected chi connectivity index (χ0v) is 19.7. The Balaban J connectivity index is 1.02. The van der Waals surface area contributed by atoms with E-state index in [4.69, 9.17) is 14.1 Å². The first-order valence-corrected chi connectivity index (χ1v) is 12.7. The van der Waals surface area contributed by atoms with Crippen LogP contribution in [0.25, 0.3) is 0 Å². The van der Waals surface area contributed by atoms with Crippen molar-refractivity contribution in [2.75, 3.05) is 19.7 Å². The fraction of sp³-hybridized carbons (Fsp3) is 0.739. The number of rotatable bonds is 8. The summed E-state index contributed by atoms with van der Waals surface area (Å²) in [7, 11) is 0. The summed E-state index contributed by atoms with van der Waals surface area (Å²) in [5, 5.41) is 8.55. The van der Waals surface area contributed by atoms with Crippen LogP contribution in [-0.4, -0.2) is 57.6 Å². The molecule has 0 radical (unpaired) electrons. The van der Waals surface area contributed by atoms with Crippen molar-refractivity contribution in [1.82, 2.24) is 20.1 Å². The molecule has 0 spiro atoms. The van der Waals surface area contributed by atoms with Crippen LogP contribution < -0.4 is 0 Å². The molecule has 0 unspecified atom stereocenters. The zero-order chi connectivity index (χ0) is 23.0. The average Bonchev–Trinajstić information content (AvgIpc) is 3.36. The number of halogens is 2. The van der Waals surface area contributed by atoms with E-state index in [1.54, 1.807) is 18.3 Å². The number of Topliss-reactive ketones (excluding diaryl/α,β-unsaturated/α-hetero) is 1. The predicted molar refractivity (Wildman–Crippen MR) is 117 cm³/mol. The molecule has 2 aromatic heterocycles. The zero-order valence-electron chi connectivity index (χ0n) is 18.9. The molecule has 3 aliphatic rings. The molecule has 7 nitrogen and oxygen atoms in total. The normalized spacial score (nSPS) is 25.5. The summed E-state index contributed by atoms with van der Waals surface area (Å²) in [5.74, 6) is -1.33. The smallest absolute Gasteiger partial charge is 0.249 e. The molecule has 2 aliphatic heterocycles. The van der Waals surface area contributed by atoms with Crippen molar-refractivity contribution in [3.8, 4) is 0 Å². The van der Waals surface area contributed by atoms with Gasteiger partial charge in [-0.2, -0.15) is 0 Å². The minimum absolute atomic E-state index is 0.0503. The molecule has 1 saturated heterocycles. The first-order valence-electron chi connectivity index (χ1n) is 11.8. The highest BCUT2D eigenvalue weighted by atomic mass is 32.1. The second-order valence-corrected chi connectivity index (χ2v) is 10.8. The Morgan fingerprint density at radius 3 is 2.82 bits per heavy atom. The summed E-state index contributed by atoms with van der Waals surface area (Å²) >= 11 is 1.64. The molecule has 180 valence electrons. The van der Waals surface area contributed by atoms with Crippen molar-refractivity contribution < 1.29 is 22.7 Å². The van der Waals surface area contributed by atoms with Gasteiger partial charge in [-0.05, 0) is 31.6 Å². The lowest BCUT2D eigenvalue weighted by Gasteiger charge is -2.33. The standard InChI is InChI=1S/C23H30F2N4O3S/c1-14-27-28-21(32-14)9-17(30)8-15-2-3-18(31-13-15)4-6-29-7-5-20-19(12-29)26-22(33-20)16-10-23(24,25)11-16/h15-16,18H,2-13H2,1H3/t15-,18-/m1/s1. The first kappa shape index (κ1) is 23.0. The van der Waals surface area contributed by atoms with E-state index in [-0.39, 0.29) is 43.0 Å². The topological polar surface area (TPSA) is 81.4 Å². The van der Waals surface area contributed by atoms with Crippen molar-refractivity contribution >= 4 is 17.1 Å². The van der Waals surface area contributed by atoms with Gasteiger partial charge in [0.2, 0.25) is 17.7 Å². The van der Waals surface area contributed by atoms with Crippen LogP contribution in [0.1, 0.15) is 71.8 Å². The maximum absolute atomic E-state index is 13.2. The molecule has 0 amide bonds. The molecular formula is C23H30F2N4O3S. The van der Waals surface area contributed by atoms with Gasteiger partial charge in [0.25, 0.3) is 0 Å². The summed E-state index contributed by atoms with van der Waals surface area (Å²) in [6.45, 7) is 5.05. The fourth-order valence-electron chi connectivity index (χ4n) is 5.02. The Bertz CT molecular complexity index is 978. The Labute approximate surface area is 195 Å². The lowest BCUT2D eigenvalue weighted by atomic mass is 9.82. The van der Waals surface area contributed by atoms with Crippen LogP contribution in [0, 0.1) is 12.8 Å². The summed E-state index contributed by atoms with van der Waals surface area (Å²) in [4.78, 5) is 20.7. The van der Waals surface area contributed by atoms with Gasteiger partial charge in [-0.25, -0.2) is 13.8 Å². The van der Waals surface area contributed by atoms with Gasteiger partial charge in [0, 0.05) is 56.6 Å². The predicted octanol–water partition coefficient (Wildman–Crippen LogP) is 4.09. The van der Waals surface area contributed by atoms with Gasteiger partial charge in [-0.1, -0.05) is 0 Å². The van der Waals surface area contributed by atoms with Crippen LogP contribution in [-0.2, 0) is 28.9 Å². The average molecular weight is 481 g/mol. The number of ether oxygens (including phenoxy) is 1. The second kappa shape index (κ2) is 9.46. The minimum atomic E-state index is -2.50. The quantitative estimate of drug-likeness (QED) is 0.563. The number of hydrogen-bond acceptors (Lipinski definition) is 8. The van der Waals surface area contributed by atoms with Crippen molar-refractivity contribution in [2.45, 2.75) is 82.8 Å². The Kier molecular flexibility index (Phi) is 6.59. The number of aryl methyl sites for hydroxylation is 1. The SMILES string of the molecule is Cc1nnc(CC(=O)C[C@H]2CC[C@H](CCN3CCc4sc(C5CC(F)(F)C5)nc4C3)OC2)o1. The van der Waals surface area contributed by atoms with Crippen molar-refractivity contribution in [1.29, 1.82) is 0 Å². The van der Waals surface area contributed by atoms with Crippen LogP contribution in [0.3, 0.4) is 0 Å². The van der Waals surface area contributed by atoms with Gasteiger partial charge in [0.15, 0.2) is 0 Å². The second-order valence-electron chi connectivity index (χ2n) is 9.73. The molecule has 1 saturated carbocycles. The van der Waals surface area contributed by atoms with Gasteiger partial charge in [-0.3, -0.25) is 9.69 Å². The summed E-state index contributed by atoms with van der Waals surface area (Å²) in [6.07, 6.45) is 4.67. The highest BCUT2D eigenvalue weighted by molar-refractivity contribution is 7.11. The molecule has 2 aromatic rings. The molecule has 2 fully saturated rings. The molecule has 4 heterocycles. The van der Waals surface area contributed by atoms with Crippen LogP contribution in [0.5, 0.6) is 0 Å². The van der Waals surface area contributed by atoms with Crippen LogP contribution in [0.2, 0.25) is 0 Å². The molecule has 2 atom stereocenters. The number of nitrogens with zero attached hydrogens (tertiary/aromatic N) is 4. The first-order chi connectivity index (χ1) is 15.8. The number of carbonyl (C=O) groups is 1. The maximum atomic E-state index is 13.2. The molecule has 0 bridgehead atoms. The molecule has 0 aromatic carbocycles. The Hall–Kier alpha value is -1.78. The van der Waals surface area contributed by atoms with E-state index in [1.165, 1.54) is 4.88 Å². The van der Waals surface area contributed by atoms with Gasteiger partial charge < -0.3 is 9.15 Å². The van der Waals surface area contributed by atoms with E-state index in [9.17, 15) is 13.6 Å². The highest BCUT2D eigenvalue weighted by Crippen LogP contribution is 2.49. The lowest BCUT2D eigenvalue weighted by molar-refractivity contribution is -0.121. The number of ketones is 1. The third-order valence-electron chi connectivity index (χ3n) is 6.93. The number of fused-ring (bicyclic) bond motifs is 1. The summed E-state index contributed by atoms with van der Waals surface area (Å²) < 4.78 is 37.8. The maximum Gasteiger partial charge on any atom is 0.249 e. The molecular weight excluding hydrogens is 450 g/mol. The van der Waals surface area contributed by atoms with Crippen LogP contribution >= 0.6 is 11.3 Å². The van der Waals surface area contributed by atoms with E-state index >= 15 is 0 Å². The van der Waals surface area contributed by atoms with Crippen molar-refractivity contribution in [2.24, 2.45) is 5.92 Å². The fourth-order valence-corrected chi connectivity index (χ4v) is 6.18. The van der Waals surface area contributed by atoms with E-state index in [0.717, 1.165) is 56.0 Å². The summed E-state index contributed by atoms with van der Waals surface area (Å²) in [5.41, 5.74) is 1.08. The molecule has 1 aliphatic carbocycles. The number of alkyl halides is 2. The largest absolute Gasteiger partial charge is 0.425 e. The third kappa shape index (κ3) is 5.66. The Morgan fingerprint density at radius 2 is 2.12 bits per heavy atom. The number of aromatic nitrogens is 3. The minimum Gasteiger partial charge on any atom is -0.425 e. The van der Waals surface area contributed by atoms with Gasteiger partial charge in [0.1, 0.15) is 5.78 Å². The highest BCUT2D eigenvalue weighted by Gasteiger charge is 2.47. The van der Waals surface area contributed by atoms with E-state index < -0.39 is 5.92 Å². The van der Waals surface area contributed by atoms with E-state index in [0.29, 0.717) is 24.8 Å². The molecule has 10 heteroatoms. The van der Waals surface area contributed by atoms with E-state index in [1.807, 2.05) is 0 Å². The van der Waals surface area contributed by atoms with E-state index in [2.05, 4.69) is 15.1 Å². The van der Waals surface area contributed by atoms with Gasteiger partial charge >= 0.3 is 0 Å². The van der Waals surface area contributed by atoms with Gasteiger partial charge in [-0.15, -0.1) is 21.5 Å². The Morgan fingerprint density at radius 1 is 1.27 bits per heavy atom. The number of thiazole rings is 1. The third-order valence-corrected chi connectivity index (χ3v) is 8.25. The molecule has 5 rings (SSSR count). The van der Waals surface area contributed by atoms with Crippen molar-refractivity contribution in [3.63, 3.8) is 0 Å². The molecule has 0 N–H and O–H groups in total. The molecule has 33 heavy (non-hydrogen) atoms. The van der Waals surface area contributed by atoms with Gasteiger partial charge in [0.05, 0.1) is 29.8 Å². The number of carbonyl (C=O) groups excluding carboxylic acids is 1. The monoisotopic (exact) mass is 480 g/mol. The lowest BCUT2D eigenvalue weighted by Crippen LogP contribution is -2.35. The van der Waals surface area contributed by atoms with Crippen molar-refractivity contribution in [3.05, 3.63) is 27.4 Å². The van der Waals surface area contributed by atoms with Crippen LogP contribution in [0.4, 0.5) is 8.78 Å².